The maximum Gasteiger partial charge on any atom is 0.250 e. The summed E-state index contributed by atoms with van der Waals surface area (Å²) in [6.45, 7) is 2.27. The van der Waals surface area contributed by atoms with Crippen molar-refractivity contribution < 1.29 is 14.3 Å². The van der Waals surface area contributed by atoms with E-state index in [1.807, 2.05) is 36.5 Å². The highest BCUT2D eigenvalue weighted by molar-refractivity contribution is 5.85. The van der Waals surface area contributed by atoms with E-state index >= 15 is 0 Å². The van der Waals surface area contributed by atoms with Crippen molar-refractivity contribution in [3.63, 3.8) is 0 Å². The SMILES string of the molecule is COc1ccc(-n2ccc(CNC(=O)C3CNCCO3)n2)cc1.Cl. The van der Waals surface area contributed by atoms with E-state index < -0.39 is 6.10 Å². The van der Waals surface area contributed by atoms with Crippen LogP contribution in [0.2, 0.25) is 0 Å². The molecule has 2 heterocycles. The molecule has 1 aliphatic heterocycles. The molecule has 1 aliphatic rings. The number of benzene rings is 1. The van der Waals surface area contributed by atoms with Crippen molar-refractivity contribution in [2.24, 2.45) is 0 Å². The van der Waals surface area contributed by atoms with Gasteiger partial charge in [0.1, 0.15) is 11.9 Å². The third kappa shape index (κ3) is 4.47. The summed E-state index contributed by atoms with van der Waals surface area (Å²) in [5.74, 6) is 0.686. The summed E-state index contributed by atoms with van der Waals surface area (Å²) in [6.07, 6.45) is 1.44. The second-order valence-electron chi connectivity index (χ2n) is 5.23. The smallest absolute Gasteiger partial charge is 0.250 e. The van der Waals surface area contributed by atoms with E-state index in [4.69, 9.17) is 9.47 Å². The van der Waals surface area contributed by atoms with Crippen molar-refractivity contribution in [3.8, 4) is 11.4 Å². The predicted molar refractivity (Wildman–Crippen MR) is 91.8 cm³/mol. The lowest BCUT2D eigenvalue weighted by molar-refractivity contribution is -0.134. The number of nitrogens with one attached hydrogen (secondary N) is 2. The second-order valence-corrected chi connectivity index (χ2v) is 5.23. The lowest BCUT2D eigenvalue weighted by Crippen LogP contribution is -2.47. The van der Waals surface area contributed by atoms with Gasteiger partial charge >= 0.3 is 0 Å². The number of hydrogen-bond acceptors (Lipinski definition) is 5. The first-order chi connectivity index (χ1) is 11.3. The van der Waals surface area contributed by atoms with Crippen molar-refractivity contribution in [3.05, 3.63) is 42.2 Å². The Hall–Kier alpha value is -2.09. The van der Waals surface area contributed by atoms with Crippen LogP contribution in [0.15, 0.2) is 36.5 Å². The molecular weight excluding hydrogens is 332 g/mol. The second kappa shape index (κ2) is 8.68. The minimum Gasteiger partial charge on any atom is -0.497 e. The van der Waals surface area contributed by atoms with Gasteiger partial charge in [0, 0.05) is 19.3 Å². The zero-order valence-electron chi connectivity index (χ0n) is 13.4. The predicted octanol–water partition coefficient (Wildman–Crippen LogP) is 0.907. The molecule has 7 nitrogen and oxygen atoms in total. The first-order valence-electron chi connectivity index (χ1n) is 7.55. The lowest BCUT2D eigenvalue weighted by Gasteiger charge is -2.22. The van der Waals surface area contributed by atoms with E-state index in [-0.39, 0.29) is 18.3 Å². The summed E-state index contributed by atoms with van der Waals surface area (Å²) in [5.41, 5.74) is 1.72. The average molecular weight is 353 g/mol. The van der Waals surface area contributed by atoms with Crippen molar-refractivity contribution in [2.45, 2.75) is 12.6 Å². The van der Waals surface area contributed by atoms with E-state index in [1.165, 1.54) is 0 Å². The minimum atomic E-state index is -0.424. The van der Waals surface area contributed by atoms with Crippen molar-refractivity contribution in [2.75, 3.05) is 26.8 Å². The molecule has 8 heteroatoms. The molecule has 0 aliphatic carbocycles. The van der Waals surface area contributed by atoms with Gasteiger partial charge in [0.05, 0.1) is 31.6 Å². The lowest BCUT2D eigenvalue weighted by atomic mass is 10.3. The molecule has 0 bridgehead atoms. The monoisotopic (exact) mass is 352 g/mol. The molecule has 1 atom stereocenters. The Kier molecular flexibility index (Phi) is 6.60. The molecule has 24 heavy (non-hydrogen) atoms. The molecule has 1 saturated heterocycles. The summed E-state index contributed by atoms with van der Waals surface area (Å²) in [7, 11) is 1.63. The maximum atomic E-state index is 12.0. The van der Waals surface area contributed by atoms with Crippen molar-refractivity contribution in [1.29, 1.82) is 0 Å². The number of methoxy groups -OCH3 is 1. The Morgan fingerprint density at radius 1 is 1.42 bits per heavy atom. The molecule has 1 aromatic heterocycles. The standard InChI is InChI=1S/C16H20N4O3.ClH/c1-22-14-4-2-13(3-5-14)20-8-6-12(19-20)10-18-16(21)15-11-17-7-9-23-15;/h2-6,8,15,17H,7,9-11H2,1H3,(H,18,21);1H. The summed E-state index contributed by atoms with van der Waals surface area (Å²) < 4.78 is 12.3. The van der Waals surface area contributed by atoms with Gasteiger partial charge in [-0.3, -0.25) is 4.79 Å². The van der Waals surface area contributed by atoms with Crippen LogP contribution in [-0.4, -0.2) is 48.6 Å². The Labute approximate surface area is 146 Å². The van der Waals surface area contributed by atoms with Gasteiger partial charge in [-0.15, -0.1) is 12.4 Å². The number of aromatic nitrogens is 2. The number of rotatable bonds is 5. The van der Waals surface area contributed by atoms with Gasteiger partial charge in [-0.25, -0.2) is 4.68 Å². The fraction of sp³-hybridized carbons (Fsp3) is 0.375. The van der Waals surface area contributed by atoms with E-state index in [2.05, 4.69) is 15.7 Å². The topological polar surface area (TPSA) is 77.4 Å². The van der Waals surface area contributed by atoms with Gasteiger partial charge in [0.15, 0.2) is 0 Å². The Morgan fingerprint density at radius 3 is 2.88 bits per heavy atom. The normalized spacial score (nSPS) is 17.0. The van der Waals surface area contributed by atoms with Gasteiger partial charge in [-0.1, -0.05) is 0 Å². The third-order valence-electron chi connectivity index (χ3n) is 3.65. The number of nitrogens with zero attached hydrogens (tertiary/aromatic N) is 2. The Bertz CT molecular complexity index is 654. The molecule has 1 fully saturated rings. The van der Waals surface area contributed by atoms with E-state index in [1.54, 1.807) is 11.8 Å². The molecule has 1 amide bonds. The third-order valence-corrected chi connectivity index (χ3v) is 3.65. The van der Waals surface area contributed by atoms with Crippen LogP contribution in [0.3, 0.4) is 0 Å². The van der Waals surface area contributed by atoms with Gasteiger partial charge in [0.25, 0.3) is 5.91 Å². The molecular formula is C16H21ClN4O3. The molecule has 0 radical (unpaired) electrons. The highest BCUT2D eigenvalue weighted by Gasteiger charge is 2.21. The molecule has 130 valence electrons. The van der Waals surface area contributed by atoms with Crippen LogP contribution < -0.4 is 15.4 Å². The number of amides is 1. The highest BCUT2D eigenvalue weighted by Crippen LogP contribution is 2.14. The van der Waals surface area contributed by atoms with Crippen LogP contribution in [0.4, 0.5) is 0 Å². The summed E-state index contributed by atoms with van der Waals surface area (Å²) in [5, 5.41) is 10.4. The molecule has 3 rings (SSSR count). The van der Waals surface area contributed by atoms with E-state index in [0.29, 0.717) is 19.7 Å². The summed E-state index contributed by atoms with van der Waals surface area (Å²) >= 11 is 0. The Balaban J connectivity index is 0.00000208. The minimum absolute atomic E-state index is 0. The average Bonchev–Trinajstić information content (AvgIpc) is 3.09. The zero-order chi connectivity index (χ0) is 16.1. The molecule has 0 saturated carbocycles. The molecule has 2 N–H and O–H groups in total. The van der Waals surface area contributed by atoms with Crippen LogP contribution in [0, 0.1) is 0 Å². The number of halogens is 1. The van der Waals surface area contributed by atoms with Crippen LogP contribution in [0.1, 0.15) is 5.69 Å². The van der Waals surface area contributed by atoms with Gasteiger partial charge in [-0.2, -0.15) is 5.10 Å². The van der Waals surface area contributed by atoms with Crippen LogP contribution >= 0.6 is 12.4 Å². The zero-order valence-corrected chi connectivity index (χ0v) is 14.2. The maximum absolute atomic E-state index is 12.0. The van der Waals surface area contributed by atoms with E-state index in [0.717, 1.165) is 23.7 Å². The largest absolute Gasteiger partial charge is 0.497 e. The van der Waals surface area contributed by atoms with Gasteiger partial charge < -0.3 is 20.1 Å². The molecule has 2 aromatic rings. The quantitative estimate of drug-likeness (QED) is 0.836. The fourth-order valence-electron chi connectivity index (χ4n) is 2.36. The van der Waals surface area contributed by atoms with Crippen molar-refractivity contribution >= 4 is 18.3 Å². The number of hydrogen-bond donors (Lipinski definition) is 2. The molecule has 1 unspecified atom stereocenters. The van der Waals surface area contributed by atoms with Gasteiger partial charge in [-0.05, 0) is 30.3 Å². The number of carbonyl (C=O) groups is 1. The Morgan fingerprint density at radius 2 is 2.21 bits per heavy atom. The highest BCUT2D eigenvalue weighted by atomic mass is 35.5. The van der Waals surface area contributed by atoms with Crippen molar-refractivity contribution in [1.82, 2.24) is 20.4 Å². The molecule has 1 aromatic carbocycles. The van der Waals surface area contributed by atoms with E-state index in [9.17, 15) is 4.79 Å². The number of morpholine rings is 1. The van der Waals surface area contributed by atoms with Gasteiger partial charge in [0.2, 0.25) is 0 Å². The van der Waals surface area contributed by atoms with Crippen LogP contribution in [0.5, 0.6) is 5.75 Å². The number of ether oxygens (including phenoxy) is 2. The molecule has 0 spiro atoms. The fourth-order valence-corrected chi connectivity index (χ4v) is 2.36. The summed E-state index contributed by atoms with van der Waals surface area (Å²) in [4.78, 5) is 12.0. The van der Waals surface area contributed by atoms with Crippen LogP contribution in [0.25, 0.3) is 5.69 Å². The number of carbonyl (C=O) groups excluding carboxylic acids is 1. The van der Waals surface area contributed by atoms with Crippen LogP contribution in [-0.2, 0) is 16.1 Å². The summed E-state index contributed by atoms with van der Waals surface area (Å²) in [6, 6.07) is 9.49. The first kappa shape index (κ1) is 18.3. The first-order valence-corrected chi connectivity index (χ1v) is 7.55.